The molecule has 4 nitrogen and oxygen atoms in total. The molecular formula is C12H14N2O2. The normalized spacial score (nSPS) is 10.4. The summed E-state index contributed by atoms with van der Waals surface area (Å²) in [6.07, 6.45) is 1.73. The van der Waals surface area contributed by atoms with Crippen LogP contribution in [-0.4, -0.2) is 28.6 Å². The van der Waals surface area contributed by atoms with Crippen molar-refractivity contribution in [2.75, 3.05) is 13.7 Å². The fourth-order valence-corrected chi connectivity index (χ4v) is 1.61. The lowest BCUT2D eigenvalue weighted by molar-refractivity contribution is 0.270. The van der Waals surface area contributed by atoms with Gasteiger partial charge in [0, 0.05) is 11.8 Å². The van der Waals surface area contributed by atoms with Gasteiger partial charge < -0.3 is 9.84 Å². The zero-order chi connectivity index (χ0) is 11.4. The average Bonchev–Trinajstić information content (AvgIpc) is 2.78. The van der Waals surface area contributed by atoms with Crippen molar-refractivity contribution >= 4 is 0 Å². The number of ether oxygens (including phenoxy) is 1. The fourth-order valence-electron chi connectivity index (χ4n) is 1.61. The van der Waals surface area contributed by atoms with Crippen LogP contribution < -0.4 is 4.74 Å². The molecule has 1 aromatic carbocycles. The number of methoxy groups -OCH3 is 1. The molecule has 1 heterocycles. The van der Waals surface area contributed by atoms with Crippen LogP contribution in [0, 0.1) is 0 Å². The summed E-state index contributed by atoms with van der Waals surface area (Å²) < 4.78 is 6.88. The molecule has 0 atom stereocenters. The number of hydrogen-bond acceptors (Lipinski definition) is 3. The number of hydrogen-bond donors (Lipinski definition) is 1. The first-order valence-electron chi connectivity index (χ1n) is 5.12. The summed E-state index contributed by atoms with van der Waals surface area (Å²) in [4.78, 5) is 0. The molecule has 4 heteroatoms. The largest absolute Gasteiger partial charge is 0.497 e. The second kappa shape index (κ2) is 4.81. The van der Waals surface area contributed by atoms with Gasteiger partial charge in [0.25, 0.3) is 0 Å². The third-order valence-corrected chi connectivity index (χ3v) is 2.41. The smallest absolute Gasteiger partial charge is 0.118 e. The van der Waals surface area contributed by atoms with E-state index in [9.17, 15) is 0 Å². The van der Waals surface area contributed by atoms with E-state index < -0.39 is 0 Å². The van der Waals surface area contributed by atoms with Gasteiger partial charge >= 0.3 is 0 Å². The third-order valence-electron chi connectivity index (χ3n) is 2.41. The first-order chi connectivity index (χ1) is 7.85. The molecule has 0 fully saturated rings. The van der Waals surface area contributed by atoms with Crippen molar-refractivity contribution < 1.29 is 9.84 Å². The standard InChI is InChI=1S/C12H14N2O2/c1-16-11-4-2-10(3-5-11)12-6-7-13-14(12)8-9-15/h2-7,15H,8-9H2,1H3. The van der Waals surface area contributed by atoms with Crippen molar-refractivity contribution in [2.45, 2.75) is 6.54 Å². The lowest BCUT2D eigenvalue weighted by Crippen LogP contribution is -2.05. The van der Waals surface area contributed by atoms with Crippen molar-refractivity contribution in [3.05, 3.63) is 36.5 Å². The molecule has 1 N–H and O–H groups in total. The van der Waals surface area contributed by atoms with Gasteiger partial charge in [0.2, 0.25) is 0 Å². The average molecular weight is 218 g/mol. The van der Waals surface area contributed by atoms with E-state index in [1.54, 1.807) is 18.0 Å². The molecule has 0 aliphatic heterocycles. The Hall–Kier alpha value is -1.81. The second-order valence-corrected chi connectivity index (χ2v) is 3.39. The van der Waals surface area contributed by atoms with Crippen molar-refractivity contribution in [3.8, 4) is 17.0 Å². The molecule has 0 unspecified atom stereocenters. The lowest BCUT2D eigenvalue weighted by atomic mass is 10.1. The first kappa shape index (κ1) is 10.7. The monoisotopic (exact) mass is 218 g/mol. The van der Waals surface area contributed by atoms with Crippen LogP contribution in [0.1, 0.15) is 0 Å². The Labute approximate surface area is 94.1 Å². The topological polar surface area (TPSA) is 47.3 Å². The molecule has 0 saturated heterocycles. The summed E-state index contributed by atoms with van der Waals surface area (Å²) in [7, 11) is 1.64. The zero-order valence-corrected chi connectivity index (χ0v) is 9.13. The highest BCUT2D eigenvalue weighted by atomic mass is 16.5. The summed E-state index contributed by atoms with van der Waals surface area (Å²) in [6, 6.07) is 9.70. The number of aliphatic hydroxyl groups excluding tert-OH is 1. The summed E-state index contributed by atoms with van der Waals surface area (Å²) in [5.41, 5.74) is 2.06. The van der Waals surface area contributed by atoms with Gasteiger partial charge in [-0.15, -0.1) is 0 Å². The molecule has 0 radical (unpaired) electrons. The molecule has 0 aliphatic rings. The summed E-state index contributed by atoms with van der Waals surface area (Å²) >= 11 is 0. The van der Waals surface area contributed by atoms with Gasteiger partial charge in [0.05, 0.1) is 26.0 Å². The molecule has 0 spiro atoms. The van der Waals surface area contributed by atoms with Crippen LogP contribution in [0.25, 0.3) is 11.3 Å². The van der Waals surface area contributed by atoms with Crippen LogP contribution in [0.5, 0.6) is 5.75 Å². The van der Waals surface area contributed by atoms with Gasteiger partial charge in [-0.1, -0.05) is 0 Å². The van der Waals surface area contributed by atoms with Gasteiger partial charge in [-0.05, 0) is 30.3 Å². The maximum absolute atomic E-state index is 8.91. The number of aliphatic hydroxyl groups is 1. The quantitative estimate of drug-likeness (QED) is 0.847. The minimum Gasteiger partial charge on any atom is -0.497 e. The zero-order valence-electron chi connectivity index (χ0n) is 9.13. The van der Waals surface area contributed by atoms with Crippen molar-refractivity contribution in [1.29, 1.82) is 0 Å². The fraction of sp³-hybridized carbons (Fsp3) is 0.250. The van der Waals surface area contributed by atoms with E-state index in [4.69, 9.17) is 9.84 Å². The van der Waals surface area contributed by atoms with Crippen LogP contribution in [0.2, 0.25) is 0 Å². The van der Waals surface area contributed by atoms with Crippen LogP contribution in [-0.2, 0) is 6.54 Å². The second-order valence-electron chi connectivity index (χ2n) is 3.39. The van der Waals surface area contributed by atoms with E-state index in [-0.39, 0.29) is 6.61 Å². The summed E-state index contributed by atoms with van der Waals surface area (Å²) in [5, 5.41) is 13.1. The van der Waals surface area contributed by atoms with Crippen LogP contribution in [0.3, 0.4) is 0 Å². The molecule has 1 aromatic heterocycles. The predicted octanol–water partition coefficient (Wildman–Crippen LogP) is 1.55. The maximum atomic E-state index is 8.91. The highest BCUT2D eigenvalue weighted by Gasteiger charge is 2.04. The first-order valence-corrected chi connectivity index (χ1v) is 5.12. The highest BCUT2D eigenvalue weighted by Crippen LogP contribution is 2.21. The number of benzene rings is 1. The Balaban J connectivity index is 2.31. The van der Waals surface area contributed by atoms with Crippen molar-refractivity contribution in [2.24, 2.45) is 0 Å². The minimum absolute atomic E-state index is 0.0881. The lowest BCUT2D eigenvalue weighted by Gasteiger charge is -2.06. The van der Waals surface area contributed by atoms with Crippen LogP contribution in [0.4, 0.5) is 0 Å². The Bertz CT molecular complexity index is 448. The Kier molecular flexibility index (Phi) is 3.22. The van der Waals surface area contributed by atoms with Gasteiger partial charge in [0.1, 0.15) is 5.75 Å². The Morgan fingerprint density at radius 3 is 2.62 bits per heavy atom. The van der Waals surface area contributed by atoms with E-state index in [1.165, 1.54) is 0 Å². The van der Waals surface area contributed by atoms with Gasteiger partial charge in [-0.3, -0.25) is 4.68 Å². The summed E-state index contributed by atoms with van der Waals surface area (Å²) in [5.74, 6) is 0.831. The molecule has 2 aromatic rings. The molecule has 0 saturated carbocycles. The SMILES string of the molecule is COc1ccc(-c2ccnn2CCO)cc1. The number of aromatic nitrogens is 2. The molecule has 0 aliphatic carbocycles. The predicted molar refractivity (Wildman–Crippen MR) is 61.3 cm³/mol. The molecule has 2 rings (SSSR count). The molecular weight excluding hydrogens is 204 g/mol. The number of nitrogens with zero attached hydrogens (tertiary/aromatic N) is 2. The van der Waals surface area contributed by atoms with E-state index in [2.05, 4.69) is 5.10 Å². The Morgan fingerprint density at radius 2 is 2.00 bits per heavy atom. The van der Waals surface area contributed by atoms with Crippen molar-refractivity contribution in [1.82, 2.24) is 9.78 Å². The maximum Gasteiger partial charge on any atom is 0.118 e. The van der Waals surface area contributed by atoms with Gasteiger partial charge in [0.15, 0.2) is 0 Å². The molecule has 0 amide bonds. The van der Waals surface area contributed by atoms with E-state index in [0.717, 1.165) is 17.0 Å². The molecule has 0 bridgehead atoms. The third kappa shape index (κ3) is 2.06. The number of rotatable bonds is 4. The van der Waals surface area contributed by atoms with E-state index in [0.29, 0.717) is 6.54 Å². The highest BCUT2D eigenvalue weighted by molar-refractivity contribution is 5.60. The van der Waals surface area contributed by atoms with Crippen molar-refractivity contribution in [3.63, 3.8) is 0 Å². The minimum atomic E-state index is 0.0881. The van der Waals surface area contributed by atoms with E-state index in [1.807, 2.05) is 30.3 Å². The van der Waals surface area contributed by atoms with Gasteiger partial charge in [-0.2, -0.15) is 5.10 Å². The molecule has 84 valence electrons. The Morgan fingerprint density at radius 1 is 1.25 bits per heavy atom. The van der Waals surface area contributed by atoms with E-state index >= 15 is 0 Å². The van der Waals surface area contributed by atoms with Crippen LogP contribution >= 0.6 is 0 Å². The van der Waals surface area contributed by atoms with Crippen LogP contribution in [0.15, 0.2) is 36.5 Å². The van der Waals surface area contributed by atoms with Gasteiger partial charge in [-0.25, -0.2) is 0 Å². The summed E-state index contributed by atoms with van der Waals surface area (Å²) in [6.45, 7) is 0.596. The molecule has 16 heavy (non-hydrogen) atoms.